The molecule has 9 heteroatoms. The summed E-state index contributed by atoms with van der Waals surface area (Å²) in [5, 5.41) is 10.6. The number of rotatable bonds is 9. The molecule has 3 N–H and O–H groups in total. The lowest BCUT2D eigenvalue weighted by Crippen LogP contribution is -2.28. The molecule has 0 unspecified atom stereocenters. The first-order chi connectivity index (χ1) is 13.6. The number of aromatic nitrogens is 1. The van der Waals surface area contributed by atoms with Crippen LogP contribution in [0.1, 0.15) is 33.7 Å². The molecule has 146 valence electrons. The highest BCUT2D eigenvalue weighted by atomic mass is 32.1. The van der Waals surface area contributed by atoms with Gasteiger partial charge in [-0.15, -0.1) is 17.9 Å². The van der Waals surface area contributed by atoms with E-state index in [9.17, 15) is 14.4 Å². The molecule has 1 aromatic heterocycles. The van der Waals surface area contributed by atoms with Crippen LogP contribution in [0.4, 0.5) is 10.8 Å². The Kier molecular flexibility index (Phi) is 6.38. The van der Waals surface area contributed by atoms with Crippen molar-refractivity contribution < 1.29 is 19.1 Å². The molecular formula is C19H20N4O4S. The van der Waals surface area contributed by atoms with Crippen molar-refractivity contribution in [2.75, 3.05) is 23.8 Å². The number of amides is 2. The predicted octanol–water partition coefficient (Wildman–Crippen LogP) is 2.43. The van der Waals surface area contributed by atoms with Crippen LogP contribution in [0.2, 0.25) is 0 Å². The quantitative estimate of drug-likeness (QED) is 0.441. The van der Waals surface area contributed by atoms with E-state index in [1.165, 1.54) is 11.3 Å². The van der Waals surface area contributed by atoms with Crippen molar-refractivity contribution in [2.24, 2.45) is 0 Å². The number of carbonyl (C=O) groups excluding carboxylic acids is 3. The normalized spacial score (nSPS) is 12.7. The monoisotopic (exact) mass is 400 g/mol. The SMILES string of the molecule is C=CCNc1nc(C(=O)OCC(=O)Nc2ccccc2C(=O)NC2CC2)cs1. The van der Waals surface area contributed by atoms with E-state index in [2.05, 4.69) is 27.5 Å². The molecule has 1 saturated carbocycles. The maximum absolute atomic E-state index is 12.3. The van der Waals surface area contributed by atoms with Gasteiger partial charge in [-0.25, -0.2) is 9.78 Å². The smallest absolute Gasteiger partial charge is 0.358 e. The molecular weight excluding hydrogens is 380 g/mol. The second-order valence-corrected chi connectivity index (χ2v) is 6.98. The Balaban J connectivity index is 1.53. The van der Waals surface area contributed by atoms with Gasteiger partial charge in [0.2, 0.25) is 0 Å². The Bertz CT molecular complexity index is 892. The van der Waals surface area contributed by atoms with Gasteiger partial charge in [0, 0.05) is 18.0 Å². The molecule has 8 nitrogen and oxygen atoms in total. The lowest BCUT2D eigenvalue weighted by atomic mass is 10.1. The third kappa shape index (κ3) is 5.40. The van der Waals surface area contributed by atoms with Crippen molar-refractivity contribution in [3.8, 4) is 0 Å². The Labute approximate surface area is 166 Å². The van der Waals surface area contributed by atoms with Gasteiger partial charge in [-0.05, 0) is 25.0 Å². The summed E-state index contributed by atoms with van der Waals surface area (Å²) in [6.07, 6.45) is 3.61. The highest BCUT2D eigenvalue weighted by Gasteiger charge is 2.25. The lowest BCUT2D eigenvalue weighted by molar-refractivity contribution is -0.119. The molecule has 1 aliphatic carbocycles. The van der Waals surface area contributed by atoms with E-state index in [-0.39, 0.29) is 17.6 Å². The number of benzene rings is 1. The van der Waals surface area contributed by atoms with E-state index < -0.39 is 18.5 Å². The van der Waals surface area contributed by atoms with Crippen molar-refractivity contribution in [3.63, 3.8) is 0 Å². The molecule has 1 heterocycles. The number of ether oxygens (including phenoxy) is 1. The van der Waals surface area contributed by atoms with Gasteiger partial charge in [-0.3, -0.25) is 9.59 Å². The van der Waals surface area contributed by atoms with Crippen LogP contribution in [0.25, 0.3) is 0 Å². The fourth-order valence-electron chi connectivity index (χ4n) is 2.28. The Morgan fingerprint density at radius 2 is 2.07 bits per heavy atom. The highest BCUT2D eigenvalue weighted by Crippen LogP contribution is 2.21. The van der Waals surface area contributed by atoms with Gasteiger partial charge in [0.15, 0.2) is 17.4 Å². The zero-order chi connectivity index (χ0) is 19.9. The summed E-state index contributed by atoms with van der Waals surface area (Å²) in [5.74, 6) is -1.48. The number of hydrogen-bond acceptors (Lipinski definition) is 7. The van der Waals surface area contributed by atoms with Crippen LogP contribution in [0.15, 0.2) is 42.3 Å². The number of para-hydroxylation sites is 1. The molecule has 0 saturated heterocycles. The molecule has 0 bridgehead atoms. The van der Waals surface area contributed by atoms with Gasteiger partial charge in [-0.1, -0.05) is 18.2 Å². The summed E-state index contributed by atoms with van der Waals surface area (Å²) in [6.45, 7) is 3.63. The van der Waals surface area contributed by atoms with E-state index in [4.69, 9.17) is 4.74 Å². The number of thiazole rings is 1. The molecule has 28 heavy (non-hydrogen) atoms. The number of anilines is 2. The topological polar surface area (TPSA) is 109 Å². The number of esters is 1. The average molecular weight is 400 g/mol. The first-order valence-electron chi connectivity index (χ1n) is 8.74. The van der Waals surface area contributed by atoms with E-state index in [0.29, 0.717) is 22.9 Å². The fraction of sp³-hybridized carbons (Fsp3) is 0.263. The summed E-state index contributed by atoms with van der Waals surface area (Å²) in [5.41, 5.74) is 0.853. The maximum atomic E-state index is 12.3. The Morgan fingerprint density at radius 3 is 2.82 bits per heavy atom. The number of nitrogens with one attached hydrogen (secondary N) is 3. The van der Waals surface area contributed by atoms with Gasteiger partial charge in [0.1, 0.15) is 0 Å². The van der Waals surface area contributed by atoms with Crippen molar-refractivity contribution in [1.29, 1.82) is 0 Å². The van der Waals surface area contributed by atoms with Crippen LogP contribution in [-0.4, -0.2) is 42.0 Å². The van der Waals surface area contributed by atoms with Crippen molar-refractivity contribution in [1.82, 2.24) is 10.3 Å². The molecule has 0 atom stereocenters. The van der Waals surface area contributed by atoms with Crippen molar-refractivity contribution in [2.45, 2.75) is 18.9 Å². The molecule has 3 rings (SSSR count). The van der Waals surface area contributed by atoms with Gasteiger partial charge >= 0.3 is 5.97 Å². The van der Waals surface area contributed by atoms with Crippen LogP contribution in [0.5, 0.6) is 0 Å². The molecule has 1 aromatic carbocycles. The second-order valence-electron chi connectivity index (χ2n) is 6.13. The third-order valence-corrected chi connectivity index (χ3v) is 4.60. The van der Waals surface area contributed by atoms with E-state index in [1.807, 2.05) is 0 Å². The molecule has 2 aromatic rings. The van der Waals surface area contributed by atoms with Crippen molar-refractivity contribution in [3.05, 3.63) is 53.6 Å². The molecule has 0 aliphatic heterocycles. The molecule has 1 aliphatic rings. The summed E-state index contributed by atoms with van der Waals surface area (Å²) >= 11 is 1.25. The van der Waals surface area contributed by atoms with E-state index in [1.54, 1.807) is 35.7 Å². The molecule has 0 radical (unpaired) electrons. The number of hydrogen-bond donors (Lipinski definition) is 3. The largest absolute Gasteiger partial charge is 0.451 e. The summed E-state index contributed by atoms with van der Waals surface area (Å²) in [6, 6.07) is 6.90. The van der Waals surface area contributed by atoms with Crippen LogP contribution in [-0.2, 0) is 9.53 Å². The zero-order valence-electron chi connectivity index (χ0n) is 15.1. The first-order valence-corrected chi connectivity index (χ1v) is 9.62. The average Bonchev–Trinajstić information content (AvgIpc) is 3.38. The summed E-state index contributed by atoms with van der Waals surface area (Å²) in [7, 11) is 0. The zero-order valence-corrected chi connectivity index (χ0v) is 15.9. The molecule has 2 amide bonds. The summed E-state index contributed by atoms with van der Waals surface area (Å²) < 4.78 is 5.00. The van der Waals surface area contributed by atoms with Gasteiger partial charge in [0.25, 0.3) is 11.8 Å². The summed E-state index contributed by atoms with van der Waals surface area (Å²) in [4.78, 5) is 40.5. The maximum Gasteiger partial charge on any atom is 0.358 e. The fourth-order valence-corrected chi connectivity index (χ4v) is 2.97. The standard InChI is InChI=1S/C19H20N4O4S/c1-2-9-20-19-23-15(11-28-19)18(26)27-10-16(24)22-14-6-4-3-5-13(14)17(25)21-12-7-8-12/h2-6,11-12H,1,7-10H2,(H,20,23)(H,21,25)(H,22,24). The molecule has 0 spiro atoms. The van der Waals surface area contributed by atoms with E-state index in [0.717, 1.165) is 12.8 Å². The predicted molar refractivity (Wildman–Crippen MR) is 107 cm³/mol. The molecule has 1 fully saturated rings. The van der Waals surface area contributed by atoms with Gasteiger partial charge in [0.05, 0.1) is 11.3 Å². The van der Waals surface area contributed by atoms with Gasteiger partial charge in [-0.2, -0.15) is 0 Å². The minimum atomic E-state index is -0.696. The lowest BCUT2D eigenvalue weighted by Gasteiger charge is -2.11. The van der Waals surface area contributed by atoms with E-state index >= 15 is 0 Å². The van der Waals surface area contributed by atoms with Crippen molar-refractivity contribution >= 4 is 39.9 Å². The van der Waals surface area contributed by atoms with Crippen LogP contribution in [0.3, 0.4) is 0 Å². The number of nitrogens with zero attached hydrogens (tertiary/aromatic N) is 1. The van der Waals surface area contributed by atoms with Crippen LogP contribution >= 0.6 is 11.3 Å². The second kappa shape index (κ2) is 9.14. The Hall–Kier alpha value is -3.20. The number of carbonyl (C=O) groups is 3. The van der Waals surface area contributed by atoms with Crippen LogP contribution in [0, 0.1) is 0 Å². The minimum absolute atomic E-state index is 0.119. The van der Waals surface area contributed by atoms with Gasteiger partial charge < -0.3 is 20.7 Å². The Morgan fingerprint density at radius 1 is 1.29 bits per heavy atom. The minimum Gasteiger partial charge on any atom is -0.451 e. The first kappa shape index (κ1) is 19.6. The third-order valence-electron chi connectivity index (χ3n) is 3.80. The highest BCUT2D eigenvalue weighted by molar-refractivity contribution is 7.13. The van der Waals surface area contributed by atoms with Crippen LogP contribution < -0.4 is 16.0 Å².